The number of hydrogen-bond acceptors (Lipinski definition) is 5. The fourth-order valence-electron chi connectivity index (χ4n) is 2.77. The van der Waals surface area contributed by atoms with E-state index in [0.717, 1.165) is 25.9 Å². The van der Waals surface area contributed by atoms with Crippen LogP contribution >= 0.6 is 0 Å². The van der Waals surface area contributed by atoms with Crippen molar-refractivity contribution in [2.75, 3.05) is 31.2 Å². The number of benzene rings is 1. The van der Waals surface area contributed by atoms with E-state index in [2.05, 4.69) is 15.5 Å². The van der Waals surface area contributed by atoms with E-state index in [0.29, 0.717) is 16.9 Å². The molecule has 0 aliphatic carbocycles. The molecule has 7 heteroatoms. The molecule has 138 valence electrons. The number of nitrogen functional groups attached to an aromatic ring is 1. The van der Waals surface area contributed by atoms with Crippen molar-refractivity contribution >= 4 is 23.4 Å². The summed E-state index contributed by atoms with van der Waals surface area (Å²) in [5.74, 6) is -0.174. The molecule has 1 atom stereocenters. The second kappa shape index (κ2) is 7.74. The van der Waals surface area contributed by atoms with Crippen LogP contribution in [0.1, 0.15) is 44.0 Å². The maximum Gasteiger partial charge on any atom is 0.412 e. The fraction of sp³-hybridized carbons (Fsp3) is 0.556. The van der Waals surface area contributed by atoms with Crippen LogP contribution < -0.4 is 16.4 Å². The fourth-order valence-corrected chi connectivity index (χ4v) is 2.77. The standard InChI is InChI=1S/C18H28N4O3/c1-18(2,3)25-17(24)21-15-10-12(7-8-14(15)19)16(23)20-13-6-5-9-22(4)11-13/h7-8,10,13H,5-6,9,11,19H2,1-4H3,(H,20,23)(H,21,24). The quantitative estimate of drug-likeness (QED) is 0.729. The molecule has 1 aliphatic rings. The number of nitrogens with two attached hydrogens (primary N) is 1. The summed E-state index contributed by atoms with van der Waals surface area (Å²) in [4.78, 5) is 26.6. The maximum absolute atomic E-state index is 12.5. The van der Waals surface area contributed by atoms with Crippen LogP contribution in [0, 0.1) is 0 Å². The molecule has 1 heterocycles. The molecule has 1 aromatic carbocycles. The summed E-state index contributed by atoms with van der Waals surface area (Å²) < 4.78 is 5.22. The highest BCUT2D eigenvalue weighted by Gasteiger charge is 2.21. The van der Waals surface area contributed by atoms with Crippen molar-refractivity contribution in [3.63, 3.8) is 0 Å². The van der Waals surface area contributed by atoms with Gasteiger partial charge in [-0.05, 0) is 65.4 Å². The molecule has 0 radical (unpaired) electrons. The SMILES string of the molecule is CN1CCCC(NC(=O)c2ccc(N)c(NC(=O)OC(C)(C)C)c2)C1. The number of rotatable bonds is 3. The summed E-state index contributed by atoms with van der Waals surface area (Å²) in [5, 5.41) is 5.64. The Bertz CT molecular complexity index is 640. The van der Waals surface area contributed by atoms with Crippen molar-refractivity contribution in [3.8, 4) is 0 Å². The Balaban J connectivity index is 2.04. The largest absolute Gasteiger partial charge is 0.444 e. The molecule has 2 amide bonds. The Morgan fingerprint density at radius 2 is 2.04 bits per heavy atom. The first kappa shape index (κ1) is 19.1. The van der Waals surface area contributed by atoms with Crippen molar-refractivity contribution in [3.05, 3.63) is 23.8 Å². The van der Waals surface area contributed by atoms with Gasteiger partial charge in [-0.2, -0.15) is 0 Å². The number of likely N-dealkylation sites (tertiary alicyclic amines) is 1. The number of piperidine rings is 1. The van der Waals surface area contributed by atoms with Crippen molar-refractivity contribution in [1.29, 1.82) is 0 Å². The number of nitrogens with zero attached hydrogens (tertiary/aromatic N) is 1. The van der Waals surface area contributed by atoms with Crippen molar-refractivity contribution in [2.45, 2.75) is 45.3 Å². The minimum Gasteiger partial charge on any atom is -0.444 e. The molecule has 1 fully saturated rings. The highest BCUT2D eigenvalue weighted by molar-refractivity contribution is 5.98. The minimum atomic E-state index is -0.610. The zero-order valence-electron chi connectivity index (χ0n) is 15.4. The number of likely N-dealkylation sites (N-methyl/N-ethyl adjacent to an activating group) is 1. The average Bonchev–Trinajstić information content (AvgIpc) is 2.47. The van der Waals surface area contributed by atoms with E-state index in [1.165, 1.54) is 0 Å². The first-order valence-corrected chi connectivity index (χ1v) is 8.53. The van der Waals surface area contributed by atoms with Crippen LogP contribution in [0.5, 0.6) is 0 Å². The number of ether oxygens (including phenoxy) is 1. The third-order valence-corrected chi connectivity index (χ3v) is 3.91. The average molecular weight is 348 g/mol. The van der Waals surface area contributed by atoms with Gasteiger partial charge in [0.15, 0.2) is 0 Å². The van der Waals surface area contributed by atoms with Gasteiger partial charge in [-0.25, -0.2) is 4.79 Å². The summed E-state index contributed by atoms with van der Waals surface area (Å²) in [6, 6.07) is 4.96. The van der Waals surface area contributed by atoms with Crippen molar-refractivity contribution < 1.29 is 14.3 Å². The van der Waals surface area contributed by atoms with E-state index in [-0.39, 0.29) is 11.9 Å². The summed E-state index contributed by atoms with van der Waals surface area (Å²) in [7, 11) is 2.05. The zero-order chi connectivity index (χ0) is 18.6. The second-order valence-corrected chi connectivity index (χ2v) is 7.50. The second-order valence-electron chi connectivity index (χ2n) is 7.50. The minimum absolute atomic E-state index is 0.131. The number of hydrogen-bond donors (Lipinski definition) is 3. The lowest BCUT2D eigenvalue weighted by Gasteiger charge is -2.30. The van der Waals surface area contributed by atoms with E-state index < -0.39 is 11.7 Å². The Morgan fingerprint density at radius 3 is 2.68 bits per heavy atom. The summed E-state index contributed by atoms with van der Waals surface area (Å²) >= 11 is 0. The van der Waals surface area contributed by atoms with Crippen LogP contribution in [0.2, 0.25) is 0 Å². The van der Waals surface area contributed by atoms with Crippen LogP contribution in [0.15, 0.2) is 18.2 Å². The molecular formula is C18H28N4O3. The maximum atomic E-state index is 12.5. The zero-order valence-corrected chi connectivity index (χ0v) is 15.4. The molecule has 25 heavy (non-hydrogen) atoms. The van der Waals surface area contributed by atoms with Crippen LogP contribution in [0.4, 0.5) is 16.2 Å². The molecule has 0 aromatic heterocycles. The monoisotopic (exact) mass is 348 g/mol. The molecule has 1 aromatic rings. The Morgan fingerprint density at radius 1 is 1.32 bits per heavy atom. The van der Waals surface area contributed by atoms with Gasteiger partial charge in [-0.1, -0.05) is 0 Å². The first-order chi connectivity index (χ1) is 11.6. The van der Waals surface area contributed by atoms with E-state index in [1.807, 2.05) is 7.05 Å². The lowest BCUT2D eigenvalue weighted by Crippen LogP contribution is -2.46. The van der Waals surface area contributed by atoms with Gasteiger partial charge >= 0.3 is 6.09 Å². The van der Waals surface area contributed by atoms with Gasteiger partial charge in [-0.3, -0.25) is 10.1 Å². The van der Waals surface area contributed by atoms with Gasteiger partial charge in [0.2, 0.25) is 0 Å². The summed E-state index contributed by atoms with van der Waals surface area (Å²) in [5.41, 5.74) is 6.48. The summed E-state index contributed by atoms with van der Waals surface area (Å²) in [6.07, 6.45) is 1.42. The number of carbonyl (C=O) groups is 2. The molecule has 1 saturated heterocycles. The van der Waals surface area contributed by atoms with Crippen molar-refractivity contribution in [1.82, 2.24) is 10.2 Å². The van der Waals surface area contributed by atoms with Gasteiger partial charge in [-0.15, -0.1) is 0 Å². The molecule has 0 saturated carbocycles. The molecule has 1 unspecified atom stereocenters. The van der Waals surface area contributed by atoms with E-state index in [4.69, 9.17) is 10.5 Å². The number of amides is 2. The van der Waals surface area contributed by atoms with Crippen LogP contribution in [0.3, 0.4) is 0 Å². The van der Waals surface area contributed by atoms with Crippen LogP contribution in [0.25, 0.3) is 0 Å². The van der Waals surface area contributed by atoms with Gasteiger partial charge in [0.05, 0.1) is 11.4 Å². The molecule has 1 aliphatic heterocycles. The predicted molar refractivity (Wildman–Crippen MR) is 98.7 cm³/mol. The van der Waals surface area contributed by atoms with Gasteiger partial charge in [0.1, 0.15) is 5.60 Å². The Kier molecular flexibility index (Phi) is 5.89. The molecule has 0 spiro atoms. The normalized spacial score (nSPS) is 18.5. The lowest BCUT2D eigenvalue weighted by molar-refractivity contribution is 0.0635. The van der Waals surface area contributed by atoms with Crippen LogP contribution in [-0.2, 0) is 4.74 Å². The van der Waals surface area contributed by atoms with Crippen molar-refractivity contribution in [2.24, 2.45) is 0 Å². The van der Waals surface area contributed by atoms with Gasteiger partial charge < -0.3 is 20.7 Å². The first-order valence-electron chi connectivity index (χ1n) is 8.53. The smallest absolute Gasteiger partial charge is 0.412 e. The van der Waals surface area contributed by atoms with Gasteiger partial charge in [0, 0.05) is 18.2 Å². The molecule has 2 rings (SSSR count). The highest BCUT2D eigenvalue weighted by atomic mass is 16.6. The molecular weight excluding hydrogens is 320 g/mol. The third-order valence-electron chi connectivity index (χ3n) is 3.91. The number of anilines is 2. The molecule has 7 nitrogen and oxygen atoms in total. The topological polar surface area (TPSA) is 96.7 Å². The van der Waals surface area contributed by atoms with E-state index >= 15 is 0 Å². The van der Waals surface area contributed by atoms with Crippen LogP contribution in [-0.4, -0.2) is 48.7 Å². The summed E-state index contributed by atoms with van der Waals surface area (Å²) in [6.45, 7) is 7.23. The predicted octanol–water partition coefficient (Wildman–Crippen LogP) is 2.44. The third kappa shape index (κ3) is 5.94. The highest BCUT2D eigenvalue weighted by Crippen LogP contribution is 2.21. The Labute approximate surface area is 148 Å². The molecule has 4 N–H and O–H groups in total. The molecule has 0 bridgehead atoms. The Hall–Kier alpha value is -2.28. The van der Waals surface area contributed by atoms with E-state index in [9.17, 15) is 9.59 Å². The number of nitrogens with one attached hydrogen (secondary N) is 2. The van der Waals surface area contributed by atoms with E-state index in [1.54, 1.807) is 39.0 Å². The lowest BCUT2D eigenvalue weighted by atomic mass is 10.1. The number of carbonyl (C=O) groups excluding carboxylic acids is 2. The van der Waals surface area contributed by atoms with Gasteiger partial charge in [0.25, 0.3) is 5.91 Å².